The summed E-state index contributed by atoms with van der Waals surface area (Å²) in [6, 6.07) is 0. The summed E-state index contributed by atoms with van der Waals surface area (Å²) in [5, 5.41) is 3.10. The molecule has 1 aliphatic heterocycles. The number of carbonyl (C=O) groups is 4. The maximum Gasteiger partial charge on any atom is 0.302 e. The molecular formula is C22H22N2O5. The third-order valence-electron chi connectivity index (χ3n) is 5.93. The molecule has 7 heteroatoms. The molecule has 0 fully saturated rings. The molecule has 7 nitrogen and oxygen atoms in total. The highest BCUT2D eigenvalue weighted by Gasteiger charge is 2.48. The largest absolute Gasteiger partial charge is 0.461 e. The minimum absolute atomic E-state index is 0.0580. The monoisotopic (exact) mass is 394 g/mol. The summed E-state index contributed by atoms with van der Waals surface area (Å²) in [4.78, 5) is 50.2. The zero-order valence-corrected chi connectivity index (χ0v) is 16.6. The van der Waals surface area contributed by atoms with Crippen LogP contribution in [0.3, 0.4) is 0 Å². The van der Waals surface area contributed by atoms with Crippen LogP contribution in [0.2, 0.25) is 0 Å². The SMILES string of the molecule is CCn1c(C)c(COC(C)=O)c2c1C(=O)C1=C(NCCC13C=CC(=O)C=C3)C2=O. The van der Waals surface area contributed by atoms with Crippen LogP contribution in [0.4, 0.5) is 0 Å². The summed E-state index contributed by atoms with van der Waals surface area (Å²) in [6.45, 7) is 5.98. The van der Waals surface area contributed by atoms with E-state index >= 15 is 0 Å². The Bertz CT molecular complexity index is 1050. The fraction of sp³-hybridized carbons (Fsp3) is 0.364. The lowest BCUT2D eigenvalue weighted by Crippen LogP contribution is -2.44. The van der Waals surface area contributed by atoms with Crippen LogP contribution in [0.5, 0.6) is 0 Å². The van der Waals surface area contributed by atoms with E-state index in [-0.39, 0.29) is 29.7 Å². The average Bonchev–Trinajstić information content (AvgIpc) is 2.98. The van der Waals surface area contributed by atoms with Gasteiger partial charge >= 0.3 is 5.97 Å². The molecule has 1 N–H and O–H groups in total. The Kier molecular flexibility index (Phi) is 4.41. The van der Waals surface area contributed by atoms with Gasteiger partial charge in [-0.15, -0.1) is 0 Å². The number of ketones is 3. The molecule has 0 saturated carbocycles. The molecule has 0 amide bonds. The zero-order valence-electron chi connectivity index (χ0n) is 16.6. The van der Waals surface area contributed by atoms with E-state index in [1.807, 2.05) is 18.4 Å². The van der Waals surface area contributed by atoms with E-state index in [2.05, 4.69) is 5.32 Å². The van der Waals surface area contributed by atoms with Crippen LogP contribution in [0, 0.1) is 12.3 Å². The van der Waals surface area contributed by atoms with Gasteiger partial charge in [0, 0.05) is 42.3 Å². The molecule has 2 heterocycles. The van der Waals surface area contributed by atoms with Gasteiger partial charge in [-0.25, -0.2) is 0 Å². The van der Waals surface area contributed by atoms with Gasteiger partial charge in [0.25, 0.3) is 0 Å². The fourth-order valence-electron chi connectivity index (χ4n) is 4.52. The van der Waals surface area contributed by atoms with Crippen molar-refractivity contribution in [3.8, 4) is 0 Å². The molecule has 150 valence electrons. The smallest absolute Gasteiger partial charge is 0.302 e. The van der Waals surface area contributed by atoms with Gasteiger partial charge in [-0.3, -0.25) is 19.2 Å². The number of carbonyl (C=O) groups excluding carboxylic acids is 4. The normalized spacial score (nSPS) is 19.3. The van der Waals surface area contributed by atoms with Gasteiger partial charge in [0.1, 0.15) is 12.3 Å². The maximum atomic E-state index is 13.7. The number of esters is 1. The van der Waals surface area contributed by atoms with E-state index in [0.29, 0.717) is 41.9 Å². The third kappa shape index (κ3) is 2.72. The molecule has 29 heavy (non-hydrogen) atoms. The van der Waals surface area contributed by atoms with E-state index in [1.54, 1.807) is 12.2 Å². The minimum atomic E-state index is -0.772. The Morgan fingerprint density at radius 1 is 1.21 bits per heavy atom. The quantitative estimate of drug-likeness (QED) is 0.790. The van der Waals surface area contributed by atoms with E-state index in [9.17, 15) is 19.2 Å². The first-order chi connectivity index (χ1) is 13.8. The van der Waals surface area contributed by atoms with Crippen molar-refractivity contribution in [2.75, 3.05) is 6.54 Å². The molecule has 0 aromatic carbocycles. The Morgan fingerprint density at radius 3 is 2.52 bits per heavy atom. The molecule has 1 aromatic heterocycles. The van der Waals surface area contributed by atoms with Crippen molar-refractivity contribution in [3.63, 3.8) is 0 Å². The Balaban J connectivity index is 1.92. The fourth-order valence-corrected chi connectivity index (χ4v) is 4.52. The summed E-state index contributed by atoms with van der Waals surface area (Å²) in [5.41, 5.74) is 1.82. The summed E-state index contributed by atoms with van der Waals surface area (Å²) in [5.74, 6) is -1.09. The van der Waals surface area contributed by atoms with Crippen molar-refractivity contribution < 1.29 is 23.9 Å². The highest BCUT2D eigenvalue weighted by Crippen LogP contribution is 2.46. The van der Waals surface area contributed by atoms with Gasteiger partial charge in [0.05, 0.1) is 11.3 Å². The molecule has 0 radical (unpaired) electrons. The van der Waals surface area contributed by atoms with Crippen LogP contribution in [0.1, 0.15) is 52.4 Å². The molecule has 0 atom stereocenters. The number of aromatic nitrogens is 1. The van der Waals surface area contributed by atoms with Crippen molar-refractivity contribution in [1.29, 1.82) is 0 Å². The standard InChI is InChI=1S/C22H22N2O5/c1-4-24-12(2)15(11-29-13(3)25)16-19(24)21(28)17-18(20(16)27)23-10-9-22(17)7-5-14(26)6-8-22/h5-8,23H,4,9-11H2,1-3H3. The molecule has 2 aliphatic carbocycles. The zero-order chi connectivity index (χ0) is 20.9. The van der Waals surface area contributed by atoms with Crippen LogP contribution < -0.4 is 5.32 Å². The Morgan fingerprint density at radius 2 is 1.90 bits per heavy atom. The molecule has 3 aliphatic rings. The molecule has 1 spiro atoms. The summed E-state index contributed by atoms with van der Waals surface area (Å²) in [7, 11) is 0. The highest BCUT2D eigenvalue weighted by atomic mass is 16.5. The van der Waals surface area contributed by atoms with Crippen LogP contribution in [-0.2, 0) is 27.5 Å². The minimum Gasteiger partial charge on any atom is -0.461 e. The van der Waals surface area contributed by atoms with Gasteiger partial charge in [-0.1, -0.05) is 12.2 Å². The van der Waals surface area contributed by atoms with Crippen molar-refractivity contribution in [2.45, 2.75) is 40.3 Å². The number of Topliss-reactive ketones (excluding diaryl/α,β-unsaturated/α-hetero) is 2. The van der Waals surface area contributed by atoms with Crippen molar-refractivity contribution in [2.24, 2.45) is 5.41 Å². The number of rotatable bonds is 3. The molecular weight excluding hydrogens is 372 g/mol. The van der Waals surface area contributed by atoms with Crippen LogP contribution >= 0.6 is 0 Å². The molecule has 1 aromatic rings. The lowest BCUT2D eigenvalue weighted by molar-refractivity contribution is -0.142. The number of nitrogens with one attached hydrogen (secondary N) is 1. The first-order valence-electron chi connectivity index (χ1n) is 9.66. The van der Waals surface area contributed by atoms with Gasteiger partial charge in [-0.05, 0) is 32.4 Å². The van der Waals surface area contributed by atoms with E-state index in [1.165, 1.54) is 19.1 Å². The Labute approximate surface area is 168 Å². The number of fused-ring (bicyclic) bond motifs is 2. The van der Waals surface area contributed by atoms with Crippen LogP contribution in [0.15, 0.2) is 35.6 Å². The van der Waals surface area contributed by atoms with E-state index in [0.717, 1.165) is 5.69 Å². The first-order valence-corrected chi connectivity index (χ1v) is 9.66. The number of allylic oxidation sites excluding steroid dienone is 6. The maximum absolute atomic E-state index is 13.7. The van der Waals surface area contributed by atoms with Crippen LogP contribution in [-0.4, -0.2) is 34.4 Å². The first kappa shape index (κ1) is 19.1. The topological polar surface area (TPSA) is 94.5 Å². The van der Waals surface area contributed by atoms with Crippen molar-refractivity contribution in [1.82, 2.24) is 9.88 Å². The molecule has 0 bridgehead atoms. The van der Waals surface area contributed by atoms with Gasteiger partial charge in [-0.2, -0.15) is 0 Å². The lowest BCUT2D eigenvalue weighted by atomic mass is 9.67. The number of hydrogen-bond donors (Lipinski definition) is 1. The molecule has 0 unspecified atom stereocenters. The number of ether oxygens (including phenoxy) is 1. The van der Waals surface area contributed by atoms with Gasteiger partial charge in [0.15, 0.2) is 5.78 Å². The second kappa shape index (κ2) is 6.69. The van der Waals surface area contributed by atoms with Crippen molar-refractivity contribution >= 4 is 23.3 Å². The summed E-state index contributed by atoms with van der Waals surface area (Å²) < 4.78 is 6.97. The predicted molar refractivity (Wildman–Crippen MR) is 104 cm³/mol. The van der Waals surface area contributed by atoms with E-state index in [4.69, 9.17) is 4.74 Å². The number of nitrogens with zero attached hydrogens (tertiary/aromatic N) is 1. The molecule has 4 rings (SSSR count). The van der Waals surface area contributed by atoms with Crippen LogP contribution in [0.25, 0.3) is 0 Å². The van der Waals surface area contributed by atoms with Crippen molar-refractivity contribution in [3.05, 3.63) is 58.1 Å². The van der Waals surface area contributed by atoms with Gasteiger partial charge < -0.3 is 14.6 Å². The summed E-state index contributed by atoms with van der Waals surface area (Å²) in [6.07, 6.45) is 6.95. The van der Waals surface area contributed by atoms with Gasteiger partial charge in [0.2, 0.25) is 11.6 Å². The predicted octanol–water partition coefficient (Wildman–Crippen LogP) is 2.19. The molecule has 0 saturated heterocycles. The summed E-state index contributed by atoms with van der Waals surface area (Å²) >= 11 is 0. The second-order valence-corrected chi connectivity index (χ2v) is 7.51. The second-order valence-electron chi connectivity index (χ2n) is 7.51. The number of hydrogen-bond acceptors (Lipinski definition) is 6. The average molecular weight is 394 g/mol. The van der Waals surface area contributed by atoms with E-state index < -0.39 is 11.4 Å². The Hall–Kier alpha value is -3.22. The third-order valence-corrected chi connectivity index (χ3v) is 5.93. The lowest BCUT2D eigenvalue weighted by Gasteiger charge is -2.39. The highest BCUT2D eigenvalue weighted by molar-refractivity contribution is 6.28.